The van der Waals surface area contributed by atoms with E-state index in [0.29, 0.717) is 59.0 Å². The molecule has 22 N–H and O–H groups in total. The number of aromatic hydroxyl groups is 1. The number of phenols is 1. The van der Waals surface area contributed by atoms with E-state index in [1.54, 1.807) is 41.9 Å². The number of imidazole rings is 1. The van der Waals surface area contributed by atoms with Crippen molar-refractivity contribution in [3.05, 3.63) is 119 Å². The summed E-state index contributed by atoms with van der Waals surface area (Å²) in [6.07, 6.45) is 4.70. The number of thioether (sulfide) groups is 1. The molecule has 0 unspecified atom stereocenters. The number of nitrogens with two attached hydrogens (primary N) is 3. The van der Waals surface area contributed by atoms with Crippen LogP contribution in [0.15, 0.2) is 96.9 Å². The number of phenolic OH excluding ortho intramolecular Hbond substituents is 1. The average molecular weight is 1910 g/mol. The fourth-order valence-corrected chi connectivity index (χ4v) is 18.5. The Bertz CT molecular complexity index is 5210. The van der Waals surface area contributed by atoms with E-state index >= 15 is 43.2 Å². The van der Waals surface area contributed by atoms with Crippen molar-refractivity contribution in [1.82, 2.24) is 97.9 Å². The number of nitrogens with zero attached hydrogens (tertiary/aromatic N) is 6. The molecule has 135 heavy (non-hydrogen) atoms. The van der Waals surface area contributed by atoms with E-state index in [1.807, 2.05) is 45.9 Å². The fraction of sp³-hybridized carbons (Fsp3) is 0.527. The number of carbonyl (C=O) groups is 17. The number of hydrogen-bond donors (Lipinski definition) is 19. The summed E-state index contributed by atoms with van der Waals surface area (Å²) in [4.78, 5) is 267. The average Bonchev–Trinajstić information content (AvgIpc) is 1.78. The maximum atomic E-state index is 15.8. The van der Waals surface area contributed by atoms with Crippen LogP contribution in [0.1, 0.15) is 147 Å². The lowest BCUT2D eigenvalue weighted by atomic mass is 10.00. The van der Waals surface area contributed by atoms with Crippen LogP contribution in [0.4, 0.5) is 0 Å². The van der Waals surface area contributed by atoms with Crippen LogP contribution in [0.3, 0.4) is 0 Å². The van der Waals surface area contributed by atoms with Gasteiger partial charge in [-0.05, 0) is 122 Å². The lowest BCUT2D eigenvalue weighted by molar-refractivity contribution is -0.149. The van der Waals surface area contributed by atoms with Gasteiger partial charge in [0.05, 0.1) is 31.7 Å². The van der Waals surface area contributed by atoms with Crippen molar-refractivity contribution in [2.24, 2.45) is 23.1 Å². The van der Waals surface area contributed by atoms with E-state index in [-0.39, 0.29) is 115 Å². The number of H-pyrrole nitrogens is 2. The van der Waals surface area contributed by atoms with Gasteiger partial charge in [-0.25, -0.2) is 4.98 Å². The highest BCUT2D eigenvalue weighted by molar-refractivity contribution is 8.00. The number of hydrogen-bond acceptors (Lipinski definition) is 23. The molecule has 3 aromatic heterocycles. The number of aliphatic hydroxyl groups excluding tert-OH is 1. The van der Waals surface area contributed by atoms with Crippen LogP contribution in [0, 0.1) is 11.3 Å². The molecule has 0 aliphatic carbocycles. The number of fused-ring (bicyclic) bond motifs is 4. The van der Waals surface area contributed by atoms with Gasteiger partial charge in [0.2, 0.25) is 100 Å². The molecule has 732 valence electrons. The summed E-state index contributed by atoms with van der Waals surface area (Å²) in [7, 11) is 3.94. The molecule has 6 heterocycles. The zero-order valence-electron chi connectivity index (χ0n) is 77.1. The molecule has 0 spiro atoms. The maximum Gasteiger partial charge on any atom is 0.246 e. The van der Waals surface area contributed by atoms with E-state index in [0.717, 1.165) is 31.6 Å². The fourth-order valence-electron chi connectivity index (χ4n) is 16.7. The molecule has 6 aromatic rings. The number of carbonyl (C=O) groups excluding carboxylic acids is 17. The standard InChI is InChI=1S/C91H127N23O19S2/c1-9-11-24-69-83(126)102-60(23-17-33-97-91(94)95)79(122)109-68(78(121)99-44-75(93)118)47-134-48-76(119)101-64(37-52-29-31-56(116)32-30-52)86(129)110(6)51(5)77(120)103-62(41-74(92)117)81(124)106-66(40-55-43-96-49-100-55)89(132)114-35-19-27-71(114)85(128)107-63(36-50(3)4)88(131)113-34-18-26-70(113)84(127)104-61(38-53-42-98-59-22-15-13-20-57(53)59)80(123)108-67(45-115)82(125)105-65(39-54-46-135-73-28-16-14-21-58(54)73)87(130)112(8)72(25-12-10-2)90(133)111(69)7/h13-16,20-22,28-32,42-43,46,49-51,60-72,98,115-116H,9-12,17-19,23-27,33-41,44-45,47-48H2,1-8H3,(H2,92,117)(H2,93,118)(H,96,100)(H,99,121)(H,101,119)(H,102,126)(H,103,120)(H,104,127)(H,105,125)(H,106,124)(H,107,128)(H,108,123)(H,109,122)(H4,94,95,97)/t51-,60-,61-,62-,63-,64-,65-,66-,67-,68-,69-,70-,71-,72-/m0/s1. The van der Waals surface area contributed by atoms with Crippen LogP contribution >= 0.6 is 23.1 Å². The number of aromatic nitrogens is 3. The second-order valence-corrected chi connectivity index (χ2v) is 36.6. The van der Waals surface area contributed by atoms with Gasteiger partial charge in [-0.15, -0.1) is 23.1 Å². The zero-order valence-corrected chi connectivity index (χ0v) is 78.8. The highest BCUT2D eigenvalue weighted by Crippen LogP contribution is 2.30. The molecule has 17 amide bonds. The third kappa shape index (κ3) is 29.6. The molecular formula is C91H127N23O19S2. The highest BCUT2D eigenvalue weighted by atomic mass is 32.2. The summed E-state index contributed by atoms with van der Waals surface area (Å²) < 4.78 is 0.827. The normalized spacial score (nSPS) is 24.2. The minimum Gasteiger partial charge on any atom is -0.508 e. The van der Waals surface area contributed by atoms with E-state index < -0.39 is 222 Å². The van der Waals surface area contributed by atoms with Crippen molar-refractivity contribution >= 4 is 150 Å². The van der Waals surface area contributed by atoms with Crippen LogP contribution in [0.25, 0.3) is 21.0 Å². The molecule has 3 fully saturated rings. The number of unbranched alkanes of at least 4 members (excludes halogenated alkanes) is 2. The summed E-state index contributed by atoms with van der Waals surface area (Å²) in [5, 5.41) is 61.8. The predicted octanol–water partition coefficient (Wildman–Crippen LogP) is -1.17. The van der Waals surface area contributed by atoms with Crippen molar-refractivity contribution < 1.29 is 91.7 Å². The minimum atomic E-state index is -1.84. The molecule has 3 aliphatic rings. The van der Waals surface area contributed by atoms with E-state index in [2.05, 4.69) is 73.4 Å². The molecular weight excluding hydrogens is 1780 g/mol. The first kappa shape index (κ1) is 105. The van der Waals surface area contributed by atoms with Crippen LogP contribution in [0.2, 0.25) is 0 Å². The number of primary amides is 2. The lowest BCUT2D eigenvalue weighted by Gasteiger charge is -2.36. The van der Waals surface area contributed by atoms with Gasteiger partial charge in [0.15, 0.2) is 5.96 Å². The Balaban J connectivity index is 1.10. The Labute approximate surface area is 789 Å². The quantitative estimate of drug-likeness (QED) is 0.0173. The highest BCUT2D eigenvalue weighted by Gasteiger charge is 2.46. The first-order valence-electron chi connectivity index (χ1n) is 45.4. The van der Waals surface area contributed by atoms with E-state index in [1.165, 1.54) is 90.9 Å². The maximum absolute atomic E-state index is 15.8. The molecule has 44 heteroatoms. The van der Waals surface area contributed by atoms with Crippen molar-refractivity contribution in [2.45, 2.75) is 235 Å². The van der Waals surface area contributed by atoms with Gasteiger partial charge in [-0.2, -0.15) is 0 Å². The summed E-state index contributed by atoms with van der Waals surface area (Å²) in [6, 6.07) is -1.10. The number of rotatable bonds is 26. The van der Waals surface area contributed by atoms with Crippen molar-refractivity contribution in [1.29, 1.82) is 5.41 Å². The monoisotopic (exact) mass is 1910 g/mol. The van der Waals surface area contributed by atoms with Crippen molar-refractivity contribution in [3.8, 4) is 5.75 Å². The molecule has 14 atom stereocenters. The Kier molecular flexibility index (Phi) is 39.6. The number of likely N-dealkylation sites (N-methyl/N-ethyl adjacent to an activating group) is 3. The number of benzene rings is 3. The molecule has 0 bridgehead atoms. The molecule has 0 saturated carbocycles. The van der Waals surface area contributed by atoms with Gasteiger partial charge in [-0.1, -0.05) is 102 Å². The molecule has 3 aromatic carbocycles. The SMILES string of the molecule is CCCC[C@H]1C(=O)N(C)[C@@H](CCCC)C(=O)N[C@@H](CCCNC(=N)N)C(=O)N[C@H](C(=O)NCC(N)=O)CSCC(=O)N[C@@H](Cc2ccc(O)cc2)C(=O)N(C)[C@@H](C)C(=O)N[C@@H](CC(N)=O)C(=O)N[C@@H](Cc2cnc[nH]2)C(=O)N2CCC[C@H]2C(=O)N[C@@H](CC(C)C)C(=O)N2CCC[C@H]2C(=O)N[C@@H](Cc2c[nH]c3ccccc23)C(=O)N[C@@H](CO)C(=O)N[C@@H](Cc2csc3ccccc23)C(=O)N1C. The molecule has 3 saturated heterocycles. The molecule has 0 radical (unpaired) electrons. The minimum absolute atomic E-state index is 0.00690. The number of nitrogens with one attached hydrogen (secondary N) is 14. The second kappa shape index (κ2) is 50.7. The van der Waals surface area contributed by atoms with Gasteiger partial charge in [0.25, 0.3) is 0 Å². The third-order valence-corrected chi connectivity index (χ3v) is 26.2. The summed E-state index contributed by atoms with van der Waals surface area (Å²) in [5.74, 6) is -17.3. The lowest BCUT2D eigenvalue weighted by Crippen LogP contribution is -2.61. The van der Waals surface area contributed by atoms with Gasteiger partial charge in [0, 0.05) is 106 Å². The van der Waals surface area contributed by atoms with Crippen LogP contribution < -0.4 is 75.7 Å². The number of aliphatic hydroxyl groups is 1. The molecule has 9 rings (SSSR count). The van der Waals surface area contributed by atoms with Gasteiger partial charge < -0.3 is 120 Å². The van der Waals surface area contributed by atoms with Gasteiger partial charge in [0.1, 0.15) is 90.3 Å². The number of thiophene rings is 1. The van der Waals surface area contributed by atoms with Crippen LogP contribution in [0.5, 0.6) is 5.75 Å². The number of para-hydroxylation sites is 1. The summed E-state index contributed by atoms with van der Waals surface area (Å²) in [5.41, 5.74) is 19.3. The van der Waals surface area contributed by atoms with Crippen LogP contribution in [-0.2, 0) is 107 Å². The number of aromatic amines is 2. The van der Waals surface area contributed by atoms with E-state index in [9.17, 15) is 48.6 Å². The smallest absolute Gasteiger partial charge is 0.246 e. The number of guanidine groups is 1. The largest absolute Gasteiger partial charge is 0.508 e. The Morgan fingerprint density at radius 2 is 1.10 bits per heavy atom. The second-order valence-electron chi connectivity index (χ2n) is 34.7. The Morgan fingerprint density at radius 1 is 0.548 bits per heavy atom. The number of amides is 17. The summed E-state index contributed by atoms with van der Waals surface area (Å²) in [6.45, 7) is 6.77. The topological polar surface area (TPSA) is 626 Å². The molecule has 3 aliphatic heterocycles. The van der Waals surface area contributed by atoms with Crippen LogP contribution in [-0.4, -0.2) is 306 Å². The van der Waals surface area contributed by atoms with Crippen molar-refractivity contribution in [2.75, 3.05) is 65.4 Å². The van der Waals surface area contributed by atoms with Crippen molar-refractivity contribution in [3.63, 3.8) is 0 Å². The Morgan fingerprint density at radius 3 is 1.72 bits per heavy atom. The summed E-state index contributed by atoms with van der Waals surface area (Å²) >= 11 is 2.13. The molecule has 42 nitrogen and oxygen atoms in total. The Hall–Kier alpha value is -13.3. The van der Waals surface area contributed by atoms with E-state index in [4.69, 9.17) is 22.6 Å². The predicted molar refractivity (Wildman–Crippen MR) is 502 cm³/mol. The van der Waals surface area contributed by atoms with Gasteiger partial charge >= 0.3 is 0 Å². The zero-order chi connectivity index (χ0) is 98.4. The third-order valence-electron chi connectivity index (χ3n) is 24.2. The first-order valence-corrected chi connectivity index (χ1v) is 47.4. The first-order chi connectivity index (χ1) is 64.4. The van der Waals surface area contributed by atoms with Gasteiger partial charge in [-0.3, -0.25) is 86.9 Å².